The van der Waals surface area contributed by atoms with Gasteiger partial charge in [-0.2, -0.15) is 5.26 Å². The van der Waals surface area contributed by atoms with Gasteiger partial charge in [0.05, 0.1) is 11.3 Å². The van der Waals surface area contributed by atoms with Gasteiger partial charge in [-0.3, -0.25) is 0 Å². The summed E-state index contributed by atoms with van der Waals surface area (Å²) in [6, 6.07) is 15.8. The molecule has 0 aliphatic rings. The van der Waals surface area contributed by atoms with Gasteiger partial charge in [-0.25, -0.2) is 0 Å². The van der Waals surface area contributed by atoms with Crippen LogP contribution in [0.2, 0.25) is 0 Å². The molecule has 2 N–H and O–H groups in total. The Balaban J connectivity index is 2.30. The molecule has 0 aromatic heterocycles. The Morgan fingerprint density at radius 3 is 2.63 bits per heavy atom. The van der Waals surface area contributed by atoms with E-state index in [9.17, 15) is 5.26 Å². The summed E-state index contributed by atoms with van der Waals surface area (Å²) in [6.07, 6.45) is 0. The van der Waals surface area contributed by atoms with E-state index in [0.29, 0.717) is 5.56 Å². The first-order valence-corrected chi connectivity index (χ1v) is 6.17. The number of hydrogen-bond donors (Lipinski definition) is 1. The predicted molar refractivity (Wildman–Crippen MR) is 78.9 cm³/mol. The highest BCUT2D eigenvalue weighted by molar-refractivity contribution is 5.63. The number of anilines is 2. The minimum atomic E-state index is 0.700. The quantitative estimate of drug-likeness (QED) is 0.853. The summed E-state index contributed by atoms with van der Waals surface area (Å²) in [5, 5.41) is 9.21. The molecule has 2 rings (SSSR count). The molecule has 0 fully saturated rings. The number of nitrogens with zero attached hydrogens (tertiary/aromatic N) is 2. The van der Waals surface area contributed by atoms with Crippen molar-refractivity contribution in [2.75, 3.05) is 17.7 Å². The largest absolute Gasteiger partial charge is 0.399 e. The molecule has 0 unspecified atom stereocenters. The highest BCUT2D eigenvalue weighted by atomic mass is 15.1. The summed E-state index contributed by atoms with van der Waals surface area (Å²) in [6.45, 7) is 2.75. The lowest BCUT2D eigenvalue weighted by Crippen LogP contribution is -2.18. The Morgan fingerprint density at radius 2 is 1.95 bits per heavy atom. The van der Waals surface area contributed by atoms with Crippen molar-refractivity contribution in [3.05, 3.63) is 59.2 Å². The Labute approximate surface area is 113 Å². The summed E-state index contributed by atoms with van der Waals surface area (Å²) in [7, 11) is 1.99. The van der Waals surface area contributed by atoms with Gasteiger partial charge in [0.2, 0.25) is 0 Å². The van der Waals surface area contributed by atoms with Crippen LogP contribution in [-0.4, -0.2) is 7.05 Å². The minimum absolute atomic E-state index is 0.700. The molecule has 0 spiro atoms. The van der Waals surface area contributed by atoms with Gasteiger partial charge in [-0.15, -0.1) is 0 Å². The van der Waals surface area contributed by atoms with Crippen molar-refractivity contribution in [2.24, 2.45) is 0 Å². The SMILES string of the molecule is Cc1cccc(C#N)c1N(C)Cc1cccc(N)c1. The van der Waals surface area contributed by atoms with E-state index in [0.717, 1.165) is 29.0 Å². The number of nitrogen functional groups attached to an aromatic ring is 1. The summed E-state index contributed by atoms with van der Waals surface area (Å²) in [5.74, 6) is 0. The van der Waals surface area contributed by atoms with Crippen LogP contribution in [0.25, 0.3) is 0 Å². The van der Waals surface area contributed by atoms with Gasteiger partial charge in [0.25, 0.3) is 0 Å². The van der Waals surface area contributed by atoms with Crippen LogP contribution in [0.5, 0.6) is 0 Å². The zero-order valence-corrected chi connectivity index (χ0v) is 11.2. The van der Waals surface area contributed by atoms with Crippen molar-refractivity contribution in [3.8, 4) is 6.07 Å². The molecule has 0 radical (unpaired) electrons. The van der Waals surface area contributed by atoms with Gasteiger partial charge in [-0.1, -0.05) is 24.3 Å². The first-order valence-electron chi connectivity index (χ1n) is 6.17. The molecule has 19 heavy (non-hydrogen) atoms. The summed E-state index contributed by atoms with van der Waals surface area (Å²) < 4.78 is 0. The second kappa shape index (κ2) is 5.45. The second-order valence-corrected chi connectivity index (χ2v) is 4.68. The van der Waals surface area contributed by atoms with Crippen molar-refractivity contribution < 1.29 is 0 Å². The molecular weight excluding hydrogens is 234 g/mol. The third-order valence-electron chi connectivity index (χ3n) is 3.11. The van der Waals surface area contributed by atoms with Crippen LogP contribution in [0.4, 0.5) is 11.4 Å². The summed E-state index contributed by atoms with van der Waals surface area (Å²) in [4.78, 5) is 2.09. The third kappa shape index (κ3) is 2.86. The first kappa shape index (κ1) is 13.0. The van der Waals surface area contributed by atoms with E-state index in [1.165, 1.54) is 0 Å². The summed E-state index contributed by atoms with van der Waals surface area (Å²) in [5.41, 5.74) is 10.5. The fourth-order valence-corrected chi connectivity index (χ4v) is 2.30. The van der Waals surface area contributed by atoms with Crippen LogP contribution in [0.15, 0.2) is 42.5 Å². The van der Waals surface area contributed by atoms with E-state index in [-0.39, 0.29) is 0 Å². The van der Waals surface area contributed by atoms with Gasteiger partial charge in [0.1, 0.15) is 6.07 Å². The Hall–Kier alpha value is -2.47. The Kier molecular flexibility index (Phi) is 3.72. The van der Waals surface area contributed by atoms with Crippen molar-refractivity contribution >= 4 is 11.4 Å². The maximum atomic E-state index is 9.21. The molecule has 2 aromatic carbocycles. The van der Waals surface area contributed by atoms with Crippen molar-refractivity contribution in [3.63, 3.8) is 0 Å². The zero-order chi connectivity index (χ0) is 13.8. The highest BCUT2D eigenvalue weighted by Gasteiger charge is 2.10. The Bertz CT molecular complexity index is 626. The zero-order valence-electron chi connectivity index (χ0n) is 11.2. The first-order chi connectivity index (χ1) is 9.11. The molecule has 3 nitrogen and oxygen atoms in total. The molecule has 0 saturated heterocycles. The lowest BCUT2D eigenvalue weighted by Gasteiger charge is -2.22. The van der Waals surface area contributed by atoms with E-state index in [1.807, 2.05) is 56.4 Å². The number of rotatable bonds is 3. The third-order valence-corrected chi connectivity index (χ3v) is 3.11. The molecule has 2 aromatic rings. The number of para-hydroxylation sites is 1. The number of hydrogen-bond acceptors (Lipinski definition) is 3. The van der Waals surface area contributed by atoms with E-state index >= 15 is 0 Å². The molecule has 0 aliphatic heterocycles. The molecule has 0 amide bonds. The van der Waals surface area contributed by atoms with Crippen LogP contribution in [0, 0.1) is 18.3 Å². The molecule has 0 heterocycles. The molecule has 96 valence electrons. The molecule has 0 aliphatic carbocycles. The second-order valence-electron chi connectivity index (χ2n) is 4.68. The van der Waals surface area contributed by atoms with Crippen molar-refractivity contribution in [1.29, 1.82) is 5.26 Å². The monoisotopic (exact) mass is 251 g/mol. The molecule has 0 bridgehead atoms. The van der Waals surface area contributed by atoms with Crippen LogP contribution in [-0.2, 0) is 6.54 Å². The molecule has 3 heteroatoms. The van der Waals surface area contributed by atoms with Gasteiger partial charge in [-0.05, 0) is 36.2 Å². The lowest BCUT2D eigenvalue weighted by atomic mass is 10.1. The van der Waals surface area contributed by atoms with Crippen molar-refractivity contribution in [1.82, 2.24) is 0 Å². The van der Waals surface area contributed by atoms with Gasteiger partial charge >= 0.3 is 0 Å². The van der Waals surface area contributed by atoms with Gasteiger partial charge < -0.3 is 10.6 Å². The number of aryl methyl sites for hydroxylation is 1. The smallest absolute Gasteiger partial charge is 0.101 e. The fourth-order valence-electron chi connectivity index (χ4n) is 2.30. The van der Waals surface area contributed by atoms with Crippen LogP contribution < -0.4 is 10.6 Å². The lowest BCUT2D eigenvalue weighted by molar-refractivity contribution is 0.915. The fraction of sp³-hybridized carbons (Fsp3) is 0.188. The van der Waals surface area contributed by atoms with E-state index < -0.39 is 0 Å². The normalized spacial score (nSPS) is 9.95. The van der Waals surface area contributed by atoms with Crippen LogP contribution >= 0.6 is 0 Å². The summed E-state index contributed by atoms with van der Waals surface area (Å²) >= 11 is 0. The standard InChI is InChI=1S/C16H17N3/c1-12-5-3-7-14(10-17)16(12)19(2)11-13-6-4-8-15(18)9-13/h3-9H,11,18H2,1-2H3. The van der Waals surface area contributed by atoms with Gasteiger partial charge in [0.15, 0.2) is 0 Å². The maximum absolute atomic E-state index is 9.21. The van der Waals surface area contributed by atoms with Gasteiger partial charge in [0, 0.05) is 19.3 Å². The molecule has 0 saturated carbocycles. The number of benzene rings is 2. The van der Waals surface area contributed by atoms with Crippen LogP contribution in [0.3, 0.4) is 0 Å². The Morgan fingerprint density at radius 1 is 1.21 bits per heavy atom. The average molecular weight is 251 g/mol. The van der Waals surface area contributed by atoms with Crippen LogP contribution in [0.1, 0.15) is 16.7 Å². The maximum Gasteiger partial charge on any atom is 0.101 e. The number of nitriles is 1. The highest BCUT2D eigenvalue weighted by Crippen LogP contribution is 2.25. The topological polar surface area (TPSA) is 53.0 Å². The minimum Gasteiger partial charge on any atom is -0.399 e. The van der Waals surface area contributed by atoms with Crippen molar-refractivity contribution in [2.45, 2.75) is 13.5 Å². The molecular formula is C16H17N3. The average Bonchev–Trinajstić information content (AvgIpc) is 2.38. The van der Waals surface area contributed by atoms with E-state index in [4.69, 9.17) is 5.73 Å². The van der Waals surface area contributed by atoms with E-state index in [1.54, 1.807) is 0 Å². The molecule has 0 atom stereocenters. The van der Waals surface area contributed by atoms with E-state index in [2.05, 4.69) is 11.0 Å². The number of nitrogens with two attached hydrogens (primary N) is 1. The predicted octanol–water partition coefficient (Wildman–Crippen LogP) is 3.09.